The van der Waals surface area contributed by atoms with Crippen molar-refractivity contribution in [3.05, 3.63) is 29.8 Å². The Morgan fingerprint density at radius 1 is 1.27 bits per heavy atom. The summed E-state index contributed by atoms with van der Waals surface area (Å²) in [5.41, 5.74) is 0.603. The van der Waals surface area contributed by atoms with E-state index in [0.29, 0.717) is 37.2 Å². The smallest absolute Gasteiger partial charge is 0.305 e. The summed E-state index contributed by atoms with van der Waals surface area (Å²) in [4.78, 5) is 16.2. The van der Waals surface area contributed by atoms with Gasteiger partial charge in [-0.05, 0) is 31.4 Å². The van der Waals surface area contributed by atoms with Crippen molar-refractivity contribution < 1.29 is 17.9 Å². The van der Waals surface area contributed by atoms with Crippen LogP contribution in [0.4, 0.5) is 0 Å². The Morgan fingerprint density at radius 3 is 2.73 bits per heavy atom. The molecule has 0 unspecified atom stereocenters. The van der Waals surface area contributed by atoms with Crippen molar-refractivity contribution >= 4 is 45.0 Å². The van der Waals surface area contributed by atoms with E-state index in [0.717, 1.165) is 12.8 Å². The molecule has 9 heteroatoms. The first-order valence-electron chi connectivity index (χ1n) is 8.50. The van der Waals surface area contributed by atoms with E-state index in [1.807, 2.05) is 0 Å². The number of benzene rings is 1. The number of fused-ring (bicyclic) bond motifs is 1. The average molecular weight is 419 g/mol. The van der Waals surface area contributed by atoms with Crippen molar-refractivity contribution in [3.63, 3.8) is 0 Å². The maximum Gasteiger partial charge on any atom is 0.305 e. The molecule has 0 spiro atoms. The molecule has 0 radical (unpaired) electrons. The molecular weight excluding hydrogens is 399 g/mol. The third-order valence-electron chi connectivity index (χ3n) is 4.37. The first-order chi connectivity index (χ1) is 12.3. The maximum atomic E-state index is 12.0. The van der Waals surface area contributed by atoms with Gasteiger partial charge in [-0.15, -0.1) is 23.2 Å². The zero-order valence-electron chi connectivity index (χ0n) is 14.1. The number of unbranched alkanes of at least 4 members (excludes halogenated alkanes) is 2. The van der Waals surface area contributed by atoms with Gasteiger partial charge < -0.3 is 4.74 Å². The molecule has 1 N–H and O–H groups in total. The Hall–Kier alpha value is -1.31. The number of alkyl halides is 2. The standard InChI is InChI=1S/C17H20Cl2N2O4S/c18-17(19)10-12(17)11-25-15(22)8-2-1-5-9-20-16-13-6-3-4-7-14(13)26(23,24)21-16/h3-4,6-7,12H,1-2,5,8-11H2,(H,20,21)/t12-/m1/s1. The molecule has 1 aliphatic carbocycles. The summed E-state index contributed by atoms with van der Waals surface area (Å²) < 4.78 is 30.8. The average Bonchev–Trinajstić information content (AvgIpc) is 3.12. The second-order valence-electron chi connectivity index (χ2n) is 6.49. The summed E-state index contributed by atoms with van der Waals surface area (Å²) in [6, 6.07) is 6.76. The highest BCUT2D eigenvalue weighted by Crippen LogP contribution is 2.53. The van der Waals surface area contributed by atoms with Crippen LogP contribution in [0.5, 0.6) is 0 Å². The van der Waals surface area contributed by atoms with E-state index in [2.05, 4.69) is 9.71 Å². The molecule has 3 rings (SSSR count). The van der Waals surface area contributed by atoms with E-state index in [4.69, 9.17) is 27.9 Å². The van der Waals surface area contributed by atoms with Gasteiger partial charge in [-0.25, -0.2) is 8.42 Å². The zero-order chi connectivity index (χ0) is 18.8. The number of sulfonamides is 1. The first-order valence-corrected chi connectivity index (χ1v) is 10.7. The summed E-state index contributed by atoms with van der Waals surface area (Å²) >= 11 is 11.7. The highest BCUT2D eigenvalue weighted by molar-refractivity contribution is 7.90. The second-order valence-corrected chi connectivity index (χ2v) is 9.68. The normalized spacial score (nSPS) is 23.3. The van der Waals surface area contributed by atoms with Crippen LogP contribution in [0, 0.1) is 5.92 Å². The van der Waals surface area contributed by atoms with Gasteiger partial charge in [0.2, 0.25) is 0 Å². The van der Waals surface area contributed by atoms with Crippen molar-refractivity contribution in [1.82, 2.24) is 4.72 Å². The van der Waals surface area contributed by atoms with Crippen molar-refractivity contribution in [2.45, 2.75) is 41.3 Å². The molecule has 0 amide bonds. The molecule has 1 fully saturated rings. The van der Waals surface area contributed by atoms with Gasteiger partial charge in [0.1, 0.15) is 10.2 Å². The Labute approximate surface area is 163 Å². The van der Waals surface area contributed by atoms with Gasteiger partial charge in [0.05, 0.1) is 11.5 Å². The van der Waals surface area contributed by atoms with Crippen molar-refractivity contribution in [3.8, 4) is 0 Å². The summed E-state index contributed by atoms with van der Waals surface area (Å²) in [5.74, 6) is 0.184. The van der Waals surface area contributed by atoms with E-state index in [1.54, 1.807) is 24.3 Å². The number of hydrogen-bond donors (Lipinski definition) is 1. The quantitative estimate of drug-likeness (QED) is 0.399. The van der Waals surface area contributed by atoms with Gasteiger partial charge in [-0.1, -0.05) is 18.6 Å². The lowest BCUT2D eigenvalue weighted by Gasteiger charge is -2.04. The van der Waals surface area contributed by atoms with Gasteiger partial charge in [0.25, 0.3) is 10.0 Å². The van der Waals surface area contributed by atoms with Crippen LogP contribution in [0.25, 0.3) is 0 Å². The molecule has 26 heavy (non-hydrogen) atoms. The van der Waals surface area contributed by atoms with Gasteiger partial charge in [0, 0.05) is 24.4 Å². The van der Waals surface area contributed by atoms with Crippen LogP contribution in [0.1, 0.15) is 37.7 Å². The van der Waals surface area contributed by atoms with Crippen LogP contribution in [0.3, 0.4) is 0 Å². The molecule has 1 aromatic carbocycles. The molecule has 0 bridgehead atoms. The minimum atomic E-state index is -3.49. The van der Waals surface area contributed by atoms with Crippen LogP contribution >= 0.6 is 23.2 Å². The van der Waals surface area contributed by atoms with E-state index in [9.17, 15) is 13.2 Å². The number of esters is 1. The largest absolute Gasteiger partial charge is 0.465 e. The Morgan fingerprint density at radius 2 is 2.00 bits per heavy atom. The van der Waals surface area contributed by atoms with Crippen LogP contribution in [0.15, 0.2) is 34.2 Å². The number of rotatable bonds is 8. The number of amidine groups is 1. The fraction of sp³-hybridized carbons (Fsp3) is 0.529. The predicted octanol–water partition coefficient (Wildman–Crippen LogP) is 3.02. The monoisotopic (exact) mass is 418 g/mol. The van der Waals surface area contributed by atoms with Gasteiger partial charge in [0.15, 0.2) is 0 Å². The minimum Gasteiger partial charge on any atom is -0.465 e. The molecule has 1 atom stereocenters. The van der Waals surface area contributed by atoms with E-state index in [1.165, 1.54) is 0 Å². The lowest BCUT2D eigenvalue weighted by Crippen LogP contribution is -2.22. The Bertz CT molecular complexity index is 824. The zero-order valence-corrected chi connectivity index (χ0v) is 16.4. The molecular formula is C17H20Cl2N2O4S. The molecule has 0 aromatic heterocycles. The van der Waals surface area contributed by atoms with Gasteiger partial charge in [-0.2, -0.15) is 0 Å². The van der Waals surface area contributed by atoms with Crippen LogP contribution in [-0.2, 0) is 19.6 Å². The summed E-state index contributed by atoms with van der Waals surface area (Å²) in [5, 5.41) is 0. The Balaban J connectivity index is 1.35. The molecule has 1 heterocycles. The van der Waals surface area contributed by atoms with E-state index >= 15 is 0 Å². The van der Waals surface area contributed by atoms with Crippen molar-refractivity contribution in [1.29, 1.82) is 0 Å². The lowest BCUT2D eigenvalue weighted by atomic mass is 10.2. The van der Waals surface area contributed by atoms with Gasteiger partial charge >= 0.3 is 5.97 Å². The van der Waals surface area contributed by atoms with Crippen LogP contribution in [-0.4, -0.2) is 37.7 Å². The number of nitrogens with one attached hydrogen (secondary N) is 1. The number of halogens is 2. The lowest BCUT2D eigenvalue weighted by molar-refractivity contribution is -0.144. The number of nitrogens with zero attached hydrogens (tertiary/aromatic N) is 1. The topological polar surface area (TPSA) is 84.8 Å². The number of aliphatic imine (C=N–C) groups is 1. The maximum absolute atomic E-state index is 12.0. The summed E-state index contributed by atoms with van der Waals surface area (Å²) in [6.45, 7) is 0.767. The number of ether oxygens (including phenoxy) is 1. The molecule has 1 aromatic rings. The van der Waals surface area contributed by atoms with E-state index in [-0.39, 0.29) is 23.4 Å². The number of carbonyl (C=O) groups excluding carboxylic acids is 1. The van der Waals surface area contributed by atoms with Crippen molar-refractivity contribution in [2.75, 3.05) is 13.2 Å². The van der Waals surface area contributed by atoms with Crippen molar-refractivity contribution in [2.24, 2.45) is 10.9 Å². The predicted molar refractivity (Wildman–Crippen MR) is 100 cm³/mol. The SMILES string of the molecule is O=C(CCCCCN=C1NS(=O)(=O)c2ccccc21)OC[C@H]1CC1(Cl)Cl. The van der Waals surface area contributed by atoms with E-state index < -0.39 is 14.4 Å². The number of carbonyl (C=O) groups is 1. The molecule has 2 aliphatic rings. The second kappa shape index (κ2) is 7.74. The molecule has 6 nitrogen and oxygen atoms in total. The molecule has 0 saturated heterocycles. The van der Waals surface area contributed by atoms with Gasteiger partial charge in [-0.3, -0.25) is 14.5 Å². The molecule has 1 aliphatic heterocycles. The highest BCUT2D eigenvalue weighted by atomic mass is 35.5. The highest BCUT2D eigenvalue weighted by Gasteiger charge is 2.52. The fourth-order valence-electron chi connectivity index (χ4n) is 2.72. The summed E-state index contributed by atoms with van der Waals surface area (Å²) in [6.07, 6.45) is 3.27. The third kappa shape index (κ3) is 4.69. The van der Waals surface area contributed by atoms with Crippen LogP contribution in [0.2, 0.25) is 0 Å². The fourth-order valence-corrected chi connectivity index (χ4v) is 4.47. The third-order valence-corrected chi connectivity index (χ3v) is 6.70. The molecule has 142 valence electrons. The minimum absolute atomic E-state index is 0.0451. The summed E-state index contributed by atoms with van der Waals surface area (Å²) in [7, 11) is -3.49. The number of hydrogen-bond acceptors (Lipinski definition) is 5. The first kappa shape index (κ1) is 19.5. The molecule has 1 saturated carbocycles. The Kier molecular flexibility index (Phi) is 5.79. The van der Waals surface area contributed by atoms with Crippen LogP contribution < -0.4 is 4.72 Å².